The molecule has 4 saturated carbocycles. The summed E-state index contributed by atoms with van der Waals surface area (Å²) in [7, 11) is -0.888. The highest BCUT2D eigenvalue weighted by molar-refractivity contribution is 6.76. The Morgan fingerprint density at radius 1 is 0.529 bits per heavy atom. The molecule has 8 heteroatoms. The van der Waals surface area contributed by atoms with Crippen LogP contribution in [0, 0.1) is 58.8 Å². The molecular weight excluding hydrogens is 669 g/mol. The summed E-state index contributed by atoms with van der Waals surface area (Å²) in [5, 5.41) is 0. The van der Waals surface area contributed by atoms with E-state index in [1.54, 1.807) is 12.1 Å². The van der Waals surface area contributed by atoms with Gasteiger partial charge in [0.15, 0.2) is 23.3 Å². The normalized spacial score (nSPS) is 29.5. The minimum Gasteiger partial charge on any atom is -0.412 e. The molecule has 0 atom stereocenters. The Kier molecular flexibility index (Phi) is 18.6. The van der Waals surface area contributed by atoms with Gasteiger partial charge in [0.05, 0.1) is 0 Å². The third-order valence-electron chi connectivity index (χ3n) is 13.1. The van der Waals surface area contributed by atoms with Crippen molar-refractivity contribution in [3.8, 4) is 0 Å². The van der Waals surface area contributed by atoms with Gasteiger partial charge in [0, 0.05) is 8.07 Å². The van der Waals surface area contributed by atoms with E-state index in [1.807, 2.05) is 0 Å². The van der Waals surface area contributed by atoms with Gasteiger partial charge in [-0.05, 0) is 173 Å². The molecule has 4 aliphatic carbocycles. The van der Waals surface area contributed by atoms with E-state index in [9.17, 15) is 17.6 Å². The third kappa shape index (κ3) is 13.1. The van der Waals surface area contributed by atoms with Gasteiger partial charge in [0.2, 0.25) is 0 Å². The van der Waals surface area contributed by atoms with Gasteiger partial charge in [-0.25, -0.2) is 17.6 Å². The summed E-state index contributed by atoms with van der Waals surface area (Å²) in [6.45, 7) is 11.4. The Morgan fingerprint density at radius 2 is 0.882 bits per heavy atom. The predicted octanol–water partition coefficient (Wildman–Crippen LogP) is 11.5. The number of halogens is 4. The van der Waals surface area contributed by atoms with E-state index in [2.05, 4.69) is 32.3 Å². The Labute approximate surface area is 307 Å². The number of allylic oxidation sites excluding steroid dienone is 1. The Balaban J connectivity index is 0.000000338. The summed E-state index contributed by atoms with van der Waals surface area (Å²) < 4.78 is 53.1. The molecule has 2 aromatic rings. The van der Waals surface area contributed by atoms with Crippen molar-refractivity contribution in [2.24, 2.45) is 35.5 Å². The molecule has 51 heavy (non-hydrogen) atoms. The van der Waals surface area contributed by atoms with Crippen LogP contribution in [0.15, 0.2) is 49.1 Å². The maximum absolute atomic E-state index is 13.5. The fourth-order valence-corrected chi connectivity index (χ4v) is 11.1. The molecule has 4 fully saturated rings. The van der Waals surface area contributed by atoms with Gasteiger partial charge in [-0.1, -0.05) is 63.2 Å². The van der Waals surface area contributed by atoms with Gasteiger partial charge >= 0.3 is 0 Å². The van der Waals surface area contributed by atoms with Crippen LogP contribution in [0.4, 0.5) is 17.6 Å². The molecule has 290 valence electrons. The van der Waals surface area contributed by atoms with E-state index in [0.29, 0.717) is 11.8 Å². The summed E-state index contributed by atoms with van der Waals surface area (Å²) in [6.07, 6.45) is 24.2. The van der Waals surface area contributed by atoms with Crippen LogP contribution in [0.1, 0.15) is 132 Å². The Morgan fingerprint density at radius 3 is 1.22 bits per heavy atom. The monoisotopic (exact) mass is 736 g/mol. The third-order valence-corrected chi connectivity index (χ3v) is 14.8. The lowest BCUT2D eigenvalue weighted by molar-refractivity contribution is 0.158. The minimum atomic E-state index is -0.888. The lowest BCUT2D eigenvalue weighted by Gasteiger charge is -2.38. The maximum Gasteiger partial charge on any atom is 0.159 e. The largest absolute Gasteiger partial charge is 0.412 e. The summed E-state index contributed by atoms with van der Waals surface area (Å²) in [4.78, 5) is 0. The van der Waals surface area contributed by atoms with Crippen LogP contribution in [-0.2, 0) is 0 Å². The first-order chi connectivity index (χ1) is 23.0. The maximum atomic E-state index is 13.5. The highest BCUT2D eigenvalue weighted by Crippen LogP contribution is 2.46. The van der Waals surface area contributed by atoms with Gasteiger partial charge < -0.3 is 16.4 Å². The first-order valence-electron chi connectivity index (χ1n) is 19.5. The van der Waals surface area contributed by atoms with Crippen molar-refractivity contribution in [1.82, 2.24) is 0 Å². The van der Waals surface area contributed by atoms with E-state index < -0.39 is 31.3 Å². The van der Waals surface area contributed by atoms with Crippen LogP contribution in [-0.4, -0.2) is 24.5 Å². The second-order valence-corrected chi connectivity index (χ2v) is 23.0. The predicted molar refractivity (Wildman–Crippen MR) is 207 cm³/mol. The first kappa shape index (κ1) is 45.2. The number of hydrogen-bond acceptors (Lipinski definition) is 0. The number of rotatable bonds is 8. The number of hydrogen-bond donors (Lipinski definition) is 0. The van der Waals surface area contributed by atoms with Crippen LogP contribution in [0.2, 0.25) is 25.7 Å². The van der Waals surface area contributed by atoms with Crippen LogP contribution in [0.3, 0.4) is 0 Å². The average molecular weight is 737 g/mol. The molecule has 0 aromatic heterocycles. The topological polar surface area (TPSA) is 94.5 Å². The standard InChI is InChI=1S/C23H36F2Si.C20H26F2.3H2O/c1-26(2,3)15-14-17-4-6-18(7-5-17)19-8-10-20(11-9-19)21-12-13-22(24)23(25)16-21;1-2-14-3-5-15(6-4-14)16-7-9-17(10-8-16)18-11-12-19(21)20(22)13-18;;;/h12-13,16-20H,4-11,14-15H2,1-3H3;2,11-17H,1,3-10H2;3*1H2. The van der Waals surface area contributed by atoms with E-state index in [4.69, 9.17) is 0 Å². The molecule has 0 unspecified atom stereocenters. The van der Waals surface area contributed by atoms with Crippen molar-refractivity contribution < 1.29 is 34.0 Å². The minimum absolute atomic E-state index is 0. The Bertz CT molecular complexity index is 1300. The molecule has 6 N–H and O–H groups in total. The van der Waals surface area contributed by atoms with Crippen LogP contribution >= 0.6 is 0 Å². The first-order valence-corrected chi connectivity index (χ1v) is 23.2. The Hall–Kier alpha value is -2.00. The molecule has 2 aromatic carbocycles. The fourth-order valence-electron chi connectivity index (χ4n) is 9.82. The molecule has 0 radical (unpaired) electrons. The lowest BCUT2D eigenvalue weighted by Crippen LogP contribution is -2.27. The van der Waals surface area contributed by atoms with E-state index >= 15 is 0 Å². The smallest absolute Gasteiger partial charge is 0.159 e. The summed E-state index contributed by atoms with van der Waals surface area (Å²) in [5.74, 6) is 3.19. The van der Waals surface area contributed by atoms with Gasteiger partial charge in [-0.15, -0.1) is 6.58 Å². The highest BCUT2D eigenvalue weighted by atomic mass is 28.3. The SMILES string of the molecule is C=CC1CCC(C2CCC(c3ccc(F)c(F)c3)CC2)CC1.C[Si](C)(C)CCC1CCC(C2CCC(c3ccc(F)c(F)c3)CC2)CC1.O.O.O. The average Bonchev–Trinajstić information content (AvgIpc) is 3.10. The highest BCUT2D eigenvalue weighted by Gasteiger charge is 2.33. The van der Waals surface area contributed by atoms with E-state index in [1.165, 1.54) is 114 Å². The van der Waals surface area contributed by atoms with Crippen molar-refractivity contribution in [2.45, 2.75) is 147 Å². The summed E-state index contributed by atoms with van der Waals surface area (Å²) in [5.41, 5.74) is 1.98. The van der Waals surface area contributed by atoms with Crippen molar-refractivity contribution in [3.63, 3.8) is 0 Å². The van der Waals surface area contributed by atoms with Crippen LogP contribution in [0.5, 0.6) is 0 Å². The fraction of sp³-hybridized carbons (Fsp3) is 0.674. The molecule has 3 nitrogen and oxygen atoms in total. The van der Waals surface area contributed by atoms with Crippen LogP contribution in [0.25, 0.3) is 0 Å². The summed E-state index contributed by atoms with van der Waals surface area (Å²) in [6, 6.07) is 10.4. The molecule has 0 bridgehead atoms. The van der Waals surface area contributed by atoms with Crippen molar-refractivity contribution in [1.29, 1.82) is 0 Å². The number of benzene rings is 2. The zero-order chi connectivity index (χ0) is 34.3. The molecule has 0 heterocycles. The van der Waals surface area contributed by atoms with Gasteiger partial charge in [0.1, 0.15) is 0 Å². The lowest BCUT2D eigenvalue weighted by atomic mass is 9.68. The molecular formula is C43H68F4O3Si. The van der Waals surface area contributed by atoms with Crippen molar-refractivity contribution >= 4 is 8.07 Å². The second kappa shape index (κ2) is 21.0. The van der Waals surface area contributed by atoms with Crippen molar-refractivity contribution in [2.75, 3.05) is 0 Å². The molecule has 0 saturated heterocycles. The second-order valence-electron chi connectivity index (χ2n) is 17.4. The molecule has 6 rings (SSSR count). The molecule has 0 spiro atoms. The summed E-state index contributed by atoms with van der Waals surface area (Å²) >= 11 is 0. The molecule has 0 amide bonds. The van der Waals surface area contributed by atoms with Gasteiger partial charge in [-0.3, -0.25) is 0 Å². The molecule has 4 aliphatic rings. The van der Waals surface area contributed by atoms with E-state index in [0.717, 1.165) is 72.3 Å². The van der Waals surface area contributed by atoms with Gasteiger partial charge in [0.25, 0.3) is 0 Å². The van der Waals surface area contributed by atoms with Crippen molar-refractivity contribution in [3.05, 3.63) is 83.4 Å². The van der Waals surface area contributed by atoms with E-state index in [-0.39, 0.29) is 16.4 Å². The zero-order valence-corrected chi connectivity index (χ0v) is 32.6. The molecule has 0 aliphatic heterocycles. The van der Waals surface area contributed by atoms with Crippen LogP contribution < -0.4 is 0 Å². The quantitative estimate of drug-likeness (QED) is 0.147. The zero-order valence-electron chi connectivity index (χ0n) is 31.6. The van der Waals surface area contributed by atoms with Gasteiger partial charge in [-0.2, -0.15) is 0 Å².